The highest BCUT2D eigenvalue weighted by atomic mass is 32.2. The largest absolute Gasteiger partial charge is 0.357 e. The highest BCUT2D eigenvalue weighted by molar-refractivity contribution is 7.90. The fraction of sp³-hybridized carbons (Fsp3) is 0.400. The molecule has 20 heavy (non-hydrogen) atoms. The summed E-state index contributed by atoms with van der Waals surface area (Å²) in [4.78, 5) is 16.4. The Kier molecular flexibility index (Phi) is 4.13. The maximum absolute atomic E-state index is 11.1. The summed E-state index contributed by atoms with van der Waals surface area (Å²) in [5, 5.41) is 5.69. The molecule has 2 heterocycles. The molecule has 0 aliphatic carbocycles. The van der Waals surface area contributed by atoms with Crippen LogP contribution in [-0.4, -0.2) is 58.5 Å². The lowest BCUT2D eigenvalue weighted by Gasteiger charge is -2.08. The van der Waals surface area contributed by atoms with E-state index in [0.717, 1.165) is 0 Å². The van der Waals surface area contributed by atoms with E-state index in [1.54, 1.807) is 30.3 Å². The van der Waals surface area contributed by atoms with Crippen molar-refractivity contribution in [2.24, 2.45) is 0 Å². The summed E-state index contributed by atoms with van der Waals surface area (Å²) in [6, 6.07) is 0. The standard InChI is InChI=1S/C10H15N7O2S/c1-11-8-14-9(13-4-6-20(2,18)19)16-10(15-8)17-5-3-12-7-17/h3,5,7H,4,6H2,1-2H3,(H2,11,13,14,15,16). The number of hydrogen-bond donors (Lipinski definition) is 2. The van der Waals surface area contributed by atoms with Crippen LogP contribution in [0.25, 0.3) is 5.95 Å². The summed E-state index contributed by atoms with van der Waals surface area (Å²) in [6.07, 6.45) is 6.06. The van der Waals surface area contributed by atoms with Gasteiger partial charge < -0.3 is 10.6 Å². The predicted molar refractivity (Wildman–Crippen MR) is 74.7 cm³/mol. The van der Waals surface area contributed by atoms with Gasteiger partial charge in [-0.05, 0) is 0 Å². The molecular formula is C10H15N7O2S. The van der Waals surface area contributed by atoms with E-state index >= 15 is 0 Å². The van der Waals surface area contributed by atoms with Crippen molar-refractivity contribution in [3.63, 3.8) is 0 Å². The zero-order chi connectivity index (χ0) is 14.6. The Labute approximate surface area is 116 Å². The van der Waals surface area contributed by atoms with Crippen LogP contribution in [0, 0.1) is 0 Å². The summed E-state index contributed by atoms with van der Waals surface area (Å²) in [5.74, 6) is 1.08. The molecule has 0 aliphatic rings. The quantitative estimate of drug-likeness (QED) is 0.737. The van der Waals surface area contributed by atoms with Crippen molar-refractivity contribution < 1.29 is 8.42 Å². The first-order chi connectivity index (χ1) is 9.48. The average Bonchev–Trinajstić information content (AvgIpc) is 2.90. The van der Waals surface area contributed by atoms with E-state index in [1.807, 2.05) is 0 Å². The Bertz CT molecular complexity index is 669. The van der Waals surface area contributed by atoms with Crippen molar-refractivity contribution >= 4 is 21.7 Å². The Morgan fingerprint density at radius 3 is 2.60 bits per heavy atom. The predicted octanol–water partition coefficient (Wildman–Crippen LogP) is -0.444. The Morgan fingerprint density at radius 1 is 1.25 bits per heavy atom. The Morgan fingerprint density at radius 2 is 2.00 bits per heavy atom. The van der Waals surface area contributed by atoms with Gasteiger partial charge in [0.05, 0.1) is 5.75 Å². The van der Waals surface area contributed by atoms with E-state index < -0.39 is 9.84 Å². The molecule has 0 saturated carbocycles. The van der Waals surface area contributed by atoms with Gasteiger partial charge in [0.1, 0.15) is 16.2 Å². The number of nitrogens with zero attached hydrogens (tertiary/aromatic N) is 5. The molecule has 0 saturated heterocycles. The Hall–Kier alpha value is -2.23. The van der Waals surface area contributed by atoms with Crippen LogP contribution in [-0.2, 0) is 9.84 Å². The van der Waals surface area contributed by atoms with Crippen LogP contribution in [0.1, 0.15) is 0 Å². The number of sulfone groups is 1. The van der Waals surface area contributed by atoms with E-state index in [1.165, 1.54) is 6.26 Å². The minimum Gasteiger partial charge on any atom is -0.357 e. The second-order valence-electron chi connectivity index (χ2n) is 4.06. The summed E-state index contributed by atoms with van der Waals surface area (Å²) in [6.45, 7) is 0.232. The number of nitrogens with one attached hydrogen (secondary N) is 2. The van der Waals surface area contributed by atoms with Crippen LogP contribution >= 0.6 is 0 Å². The summed E-state index contributed by atoms with van der Waals surface area (Å²) >= 11 is 0. The van der Waals surface area contributed by atoms with E-state index in [9.17, 15) is 8.42 Å². The number of imidazole rings is 1. The highest BCUT2D eigenvalue weighted by Crippen LogP contribution is 2.08. The monoisotopic (exact) mass is 297 g/mol. The number of anilines is 2. The highest BCUT2D eigenvalue weighted by Gasteiger charge is 2.08. The lowest BCUT2D eigenvalue weighted by Crippen LogP contribution is -2.17. The first-order valence-corrected chi connectivity index (χ1v) is 7.88. The molecule has 0 aliphatic heterocycles. The third-order valence-corrected chi connectivity index (χ3v) is 3.28. The van der Waals surface area contributed by atoms with Crippen LogP contribution in [0.4, 0.5) is 11.9 Å². The van der Waals surface area contributed by atoms with Crippen molar-refractivity contribution in [3.8, 4) is 5.95 Å². The molecule has 10 heteroatoms. The SMILES string of the molecule is CNc1nc(NCCS(C)(=O)=O)nc(-n2ccnc2)n1. The Balaban J connectivity index is 2.18. The van der Waals surface area contributed by atoms with Crippen LogP contribution in [0.5, 0.6) is 0 Å². The fourth-order valence-corrected chi connectivity index (χ4v) is 1.87. The van der Waals surface area contributed by atoms with Gasteiger partial charge in [0.2, 0.25) is 17.8 Å². The minimum atomic E-state index is -3.03. The molecule has 0 radical (unpaired) electrons. The van der Waals surface area contributed by atoms with Crippen LogP contribution in [0.2, 0.25) is 0 Å². The molecule has 108 valence electrons. The number of aromatic nitrogens is 5. The molecule has 2 N–H and O–H groups in total. The second-order valence-corrected chi connectivity index (χ2v) is 6.32. The van der Waals surface area contributed by atoms with Gasteiger partial charge in [-0.1, -0.05) is 0 Å². The van der Waals surface area contributed by atoms with Gasteiger partial charge in [-0.2, -0.15) is 15.0 Å². The summed E-state index contributed by atoms with van der Waals surface area (Å²) in [5.41, 5.74) is 0. The van der Waals surface area contributed by atoms with E-state index in [2.05, 4.69) is 30.6 Å². The summed E-state index contributed by atoms with van der Waals surface area (Å²) in [7, 11) is -1.34. The van der Waals surface area contributed by atoms with Crippen LogP contribution in [0.15, 0.2) is 18.7 Å². The third kappa shape index (κ3) is 3.88. The van der Waals surface area contributed by atoms with E-state index in [0.29, 0.717) is 17.8 Å². The molecule has 2 aromatic rings. The second kappa shape index (κ2) is 5.82. The van der Waals surface area contributed by atoms with Crippen LogP contribution < -0.4 is 10.6 Å². The lowest BCUT2D eigenvalue weighted by molar-refractivity contribution is 0.602. The van der Waals surface area contributed by atoms with Gasteiger partial charge in [0, 0.05) is 32.2 Å². The van der Waals surface area contributed by atoms with E-state index in [-0.39, 0.29) is 12.3 Å². The molecular weight excluding hydrogens is 282 g/mol. The smallest absolute Gasteiger partial charge is 0.241 e. The van der Waals surface area contributed by atoms with E-state index in [4.69, 9.17) is 0 Å². The van der Waals surface area contributed by atoms with Crippen molar-refractivity contribution in [1.29, 1.82) is 0 Å². The maximum atomic E-state index is 11.1. The van der Waals surface area contributed by atoms with Gasteiger partial charge in [-0.25, -0.2) is 13.4 Å². The van der Waals surface area contributed by atoms with Crippen molar-refractivity contribution in [2.75, 3.05) is 36.2 Å². The fourth-order valence-electron chi connectivity index (χ4n) is 1.40. The minimum absolute atomic E-state index is 0.00792. The maximum Gasteiger partial charge on any atom is 0.241 e. The molecule has 9 nitrogen and oxygen atoms in total. The molecule has 2 rings (SSSR count). The van der Waals surface area contributed by atoms with Gasteiger partial charge >= 0.3 is 0 Å². The summed E-state index contributed by atoms with van der Waals surface area (Å²) < 4.78 is 23.8. The number of rotatable bonds is 6. The average molecular weight is 297 g/mol. The van der Waals surface area contributed by atoms with Gasteiger partial charge in [-0.15, -0.1) is 0 Å². The van der Waals surface area contributed by atoms with Gasteiger partial charge in [0.25, 0.3) is 0 Å². The lowest BCUT2D eigenvalue weighted by atomic mass is 10.7. The zero-order valence-corrected chi connectivity index (χ0v) is 11.9. The van der Waals surface area contributed by atoms with Crippen LogP contribution in [0.3, 0.4) is 0 Å². The topological polar surface area (TPSA) is 115 Å². The first-order valence-electron chi connectivity index (χ1n) is 5.82. The molecule has 0 atom stereocenters. The normalized spacial score (nSPS) is 11.3. The van der Waals surface area contributed by atoms with Gasteiger partial charge in [-0.3, -0.25) is 4.57 Å². The first kappa shape index (κ1) is 14.2. The zero-order valence-electron chi connectivity index (χ0n) is 11.1. The molecule has 0 unspecified atom stereocenters. The van der Waals surface area contributed by atoms with Crippen molar-refractivity contribution in [1.82, 2.24) is 24.5 Å². The molecule has 0 aromatic carbocycles. The molecule has 0 bridgehead atoms. The van der Waals surface area contributed by atoms with Crippen molar-refractivity contribution in [3.05, 3.63) is 18.7 Å². The number of hydrogen-bond acceptors (Lipinski definition) is 8. The molecule has 0 spiro atoms. The third-order valence-electron chi connectivity index (χ3n) is 2.34. The molecule has 0 fully saturated rings. The van der Waals surface area contributed by atoms with Gasteiger partial charge in [0.15, 0.2) is 0 Å². The molecule has 2 aromatic heterocycles. The van der Waals surface area contributed by atoms with Crippen molar-refractivity contribution in [2.45, 2.75) is 0 Å². The molecule has 0 amide bonds.